The fourth-order valence-corrected chi connectivity index (χ4v) is 3.58. The van der Waals surface area contributed by atoms with E-state index in [1.165, 1.54) is 26.7 Å². The fourth-order valence-electron chi connectivity index (χ4n) is 3.58. The lowest BCUT2D eigenvalue weighted by molar-refractivity contribution is -0.165. The van der Waals surface area contributed by atoms with E-state index in [1.54, 1.807) is 7.05 Å². The van der Waals surface area contributed by atoms with Crippen molar-refractivity contribution in [2.75, 3.05) is 47.0 Å². The Morgan fingerprint density at radius 2 is 1.72 bits per heavy atom. The lowest BCUT2D eigenvalue weighted by Crippen LogP contribution is -2.49. The number of carboxylic acid groups (broad SMARTS) is 1. The first kappa shape index (κ1) is 25.3. The maximum Gasteiger partial charge on any atom is 0.332 e. The Hall–Kier alpha value is -1.75. The topological polar surface area (TPSA) is 124 Å². The van der Waals surface area contributed by atoms with Crippen LogP contribution in [0.25, 0.3) is 0 Å². The van der Waals surface area contributed by atoms with Gasteiger partial charge in [-0.25, -0.2) is 9.59 Å². The number of rotatable bonds is 10. The molecule has 0 aromatic rings. The monoisotopic (exact) mass is 418 g/mol. The number of ether oxygens (including phenoxy) is 4. The minimum atomic E-state index is -1.17. The molecule has 2 heterocycles. The molecule has 0 saturated carbocycles. The summed E-state index contributed by atoms with van der Waals surface area (Å²) in [6.07, 6.45) is -1.60. The van der Waals surface area contributed by atoms with Gasteiger partial charge in [0.1, 0.15) is 19.3 Å². The van der Waals surface area contributed by atoms with Crippen molar-refractivity contribution in [3.63, 3.8) is 0 Å². The molecule has 5 atom stereocenters. The predicted octanol–water partition coefficient (Wildman–Crippen LogP) is -0.104. The molecule has 2 fully saturated rings. The highest BCUT2D eigenvalue weighted by atomic mass is 16.6. The van der Waals surface area contributed by atoms with Gasteiger partial charge in [-0.2, -0.15) is 0 Å². The van der Waals surface area contributed by atoms with Crippen LogP contribution in [0.1, 0.15) is 27.2 Å². The van der Waals surface area contributed by atoms with Crippen molar-refractivity contribution >= 4 is 17.8 Å². The van der Waals surface area contributed by atoms with Crippen molar-refractivity contribution in [3.8, 4) is 0 Å². The Morgan fingerprint density at radius 3 is 2.17 bits per heavy atom. The summed E-state index contributed by atoms with van der Waals surface area (Å²) in [7, 11) is 3.00. The molecular formula is C19H34N2O8. The van der Waals surface area contributed by atoms with Crippen LogP contribution in [0, 0.1) is 5.92 Å². The van der Waals surface area contributed by atoms with E-state index in [2.05, 4.69) is 35.7 Å². The number of nitrogens with zero attached hydrogens (tertiary/aromatic N) is 1. The summed E-state index contributed by atoms with van der Waals surface area (Å²) < 4.78 is 20.9. The van der Waals surface area contributed by atoms with E-state index in [1.807, 2.05) is 0 Å². The molecule has 0 radical (unpaired) electrons. The predicted molar refractivity (Wildman–Crippen MR) is 103 cm³/mol. The zero-order chi connectivity index (χ0) is 22.0. The molecule has 29 heavy (non-hydrogen) atoms. The quantitative estimate of drug-likeness (QED) is 0.468. The van der Waals surface area contributed by atoms with Gasteiger partial charge >= 0.3 is 11.9 Å². The van der Waals surface area contributed by atoms with Crippen LogP contribution in [0.2, 0.25) is 0 Å². The number of fused-ring (bicyclic) bond motifs is 2. The number of nitrogens with one attached hydrogen (secondary N) is 1. The zero-order valence-electron chi connectivity index (χ0n) is 17.9. The number of carbonyl (C=O) groups is 3. The van der Waals surface area contributed by atoms with Gasteiger partial charge in [-0.3, -0.25) is 4.79 Å². The first-order valence-corrected chi connectivity index (χ1v) is 9.93. The van der Waals surface area contributed by atoms with Crippen molar-refractivity contribution in [2.45, 2.75) is 51.6 Å². The molecule has 0 aromatic carbocycles. The number of carboxylic acids is 1. The Labute approximate surface area is 171 Å². The van der Waals surface area contributed by atoms with E-state index in [4.69, 9.17) is 19.3 Å². The van der Waals surface area contributed by atoms with Gasteiger partial charge in [-0.1, -0.05) is 20.8 Å². The molecule has 3 unspecified atom stereocenters. The minimum absolute atomic E-state index is 0.135. The first-order valence-electron chi connectivity index (χ1n) is 9.93. The molecule has 1 amide bonds. The van der Waals surface area contributed by atoms with Crippen molar-refractivity contribution in [2.24, 2.45) is 5.92 Å². The van der Waals surface area contributed by atoms with E-state index >= 15 is 0 Å². The van der Waals surface area contributed by atoms with Crippen molar-refractivity contribution in [1.29, 1.82) is 0 Å². The summed E-state index contributed by atoms with van der Waals surface area (Å²) in [4.78, 5) is 36.1. The lowest BCUT2D eigenvalue weighted by Gasteiger charge is -2.30. The van der Waals surface area contributed by atoms with Gasteiger partial charge < -0.3 is 34.3 Å². The first-order chi connectivity index (χ1) is 13.8. The number of hydrogen-bond donors (Lipinski definition) is 2. The van der Waals surface area contributed by atoms with Gasteiger partial charge in [0.2, 0.25) is 5.91 Å². The van der Waals surface area contributed by atoms with Gasteiger partial charge in [-0.05, 0) is 26.1 Å². The molecule has 2 rings (SSSR count). The molecule has 2 saturated heterocycles. The number of amides is 1. The van der Waals surface area contributed by atoms with Gasteiger partial charge in [-0.15, -0.1) is 0 Å². The van der Waals surface area contributed by atoms with Gasteiger partial charge in [0.05, 0.1) is 18.1 Å². The number of esters is 1. The largest absolute Gasteiger partial charge is 0.480 e. The molecule has 0 aliphatic carbocycles. The van der Waals surface area contributed by atoms with Crippen LogP contribution in [0.4, 0.5) is 0 Å². The van der Waals surface area contributed by atoms with E-state index in [0.717, 1.165) is 0 Å². The average Bonchev–Trinajstić information content (AvgIpc) is 3.27. The number of methoxy groups -OCH3 is 1. The highest BCUT2D eigenvalue weighted by Gasteiger charge is 2.58. The van der Waals surface area contributed by atoms with E-state index in [-0.39, 0.29) is 11.8 Å². The summed E-state index contributed by atoms with van der Waals surface area (Å²) in [5, 5.41) is 11.0. The van der Waals surface area contributed by atoms with Crippen LogP contribution in [0.5, 0.6) is 0 Å². The van der Waals surface area contributed by atoms with E-state index in [0.29, 0.717) is 6.42 Å². The third-order valence-electron chi connectivity index (χ3n) is 5.14. The molecule has 2 aliphatic heterocycles. The maximum absolute atomic E-state index is 11.8. The van der Waals surface area contributed by atoms with Crippen LogP contribution in [0.3, 0.4) is 0 Å². The summed E-state index contributed by atoms with van der Waals surface area (Å²) in [5.41, 5.74) is 0. The van der Waals surface area contributed by atoms with Gasteiger partial charge in [0.25, 0.3) is 0 Å². The van der Waals surface area contributed by atoms with Crippen LogP contribution >= 0.6 is 0 Å². The molecular weight excluding hydrogens is 384 g/mol. The normalized spacial score (nSPS) is 27.3. The molecule has 2 bridgehead atoms. The highest BCUT2D eigenvalue weighted by Crippen LogP contribution is 2.42. The fraction of sp³-hybridized carbons (Fsp3) is 0.842. The van der Waals surface area contributed by atoms with E-state index in [9.17, 15) is 14.4 Å². The molecule has 10 heteroatoms. The summed E-state index contributed by atoms with van der Waals surface area (Å²) in [6, 6.07) is 0. The molecule has 0 spiro atoms. The molecule has 0 aromatic heterocycles. The Kier molecular flexibility index (Phi) is 11.1. The molecule has 2 N–H and O–H groups in total. The Balaban J connectivity index is 0.000000516. The zero-order valence-corrected chi connectivity index (χ0v) is 17.9. The van der Waals surface area contributed by atoms with Crippen molar-refractivity contribution in [3.05, 3.63) is 0 Å². The van der Waals surface area contributed by atoms with Crippen molar-refractivity contribution in [1.82, 2.24) is 10.2 Å². The van der Waals surface area contributed by atoms with Gasteiger partial charge in [0, 0.05) is 14.2 Å². The second kappa shape index (κ2) is 12.7. The summed E-state index contributed by atoms with van der Waals surface area (Å²) >= 11 is 0. The summed E-state index contributed by atoms with van der Waals surface area (Å²) in [6.45, 7) is 9.09. The maximum atomic E-state index is 11.8. The second-order valence-electron chi connectivity index (χ2n) is 6.76. The SMILES string of the molecule is CCN(CC)CC.CNC(=O)C1CC2O[C@@H]1[C@@H](OC)C2OC(=O)COCC(=O)O. The smallest absolute Gasteiger partial charge is 0.332 e. The average molecular weight is 418 g/mol. The molecule has 2 aliphatic rings. The van der Waals surface area contributed by atoms with Crippen LogP contribution in [-0.2, 0) is 33.3 Å². The molecule has 168 valence electrons. The standard InChI is InChI=1S/C13H19NO8.C6H15N/c1-14-13(18)6-3-7-11(12(19-2)10(6)21-7)22-9(17)5-20-4-8(15)16;1-4-7(5-2)6-3/h6-7,10-12H,3-5H2,1-2H3,(H,14,18)(H,15,16);4-6H2,1-3H3/t6?,7?,10-,11?,12+;/m0./s1. The number of hydrogen-bond acceptors (Lipinski definition) is 8. The minimum Gasteiger partial charge on any atom is -0.480 e. The van der Waals surface area contributed by atoms with Crippen LogP contribution in [0.15, 0.2) is 0 Å². The number of carbonyl (C=O) groups excluding carboxylic acids is 2. The van der Waals surface area contributed by atoms with Crippen LogP contribution < -0.4 is 5.32 Å². The van der Waals surface area contributed by atoms with Crippen LogP contribution in [-0.4, -0.2) is 99.3 Å². The number of aliphatic carboxylic acids is 1. The lowest BCUT2D eigenvalue weighted by atomic mass is 9.84. The Morgan fingerprint density at radius 1 is 1.10 bits per heavy atom. The molecule has 10 nitrogen and oxygen atoms in total. The third-order valence-corrected chi connectivity index (χ3v) is 5.14. The van der Waals surface area contributed by atoms with E-state index < -0.39 is 49.6 Å². The summed E-state index contributed by atoms with van der Waals surface area (Å²) in [5.74, 6) is -2.33. The highest BCUT2D eigenvalue weighted by molar-refractivity contribution is 5.80. The second-order valence-corrected chi connectivity index (χ2v) is 6.76. The third kappa shape index (κ3) is 7.22. The Bertz CT molecular complexity index is 535. The van der Waals surface area contributed by atoms with Crippen molar-refractivity contribution < 1.29 is 38.4 Å². The van der Waals surface area contributed by atoms with Gasteiger partial charge in [0.15, 0.2) is 6.10 Å².